The molecule has 0 bridgehead atoms. The molecule has 0 fully saturated rings. The minimum atomic E-state index is -4.46. The first-order valence-electron chi connectivity index (χ1n) is 8.43. The highest BCUT2D eigenvalue weighted by atomic mass is 19.4. The molecule has 2 amide bonds. The molecule has 0 unspecified atom stereocenters. The highest BCUT2D eigenvalue weighted by molar-refractivity contribution is 6.05. The minimum absolute atomic E-state index is 0.0115. The molecule has 2 aromatic carbocycles. The third-order valence-electron chi connectivity index (χ3n) is 4.21. The lowest BCUT2D eigenvalue weighted by Gasteiger charge is -2.33. The molecule has 1 N–H and O–H groups in total. The Morgan fingerprint density at radius 3 is 2.64 bits per heavy atom. The number of fused-ring (bicyclic) bond motifs is 1. The SMILES string of the molecule is CNC(=O)[C@@H]1CN(C(=O)/C=C/c2cccc(C(F)(F)F)c2)c2ccccc2O1. The molecule has 0 spiro atoms. The molecule has 8 heteroatoms. The van der Waals surface area contributed by atoms with Gasteiger partial charge in [0.15, 0.2) is 6.10 Å². The number of nitrogens with zero attached hydrogens (tertiary/aromatic N) is 1. The van der Waals surface area contributed by atoms with E-state index in [0.29, 0.717) is 11.4 Å². The maximum Gasteiger partial charge on any atom is 0.416 e. The van der Waals surface area contributed by atoms with Crippen LogP contribution < -0.4 is 15.0 Å². The van der Waals surface area contributed by atoms with E-state index in [1.165, 1.54) is 36.2 Å². The molecule has 1 atom stereocenters. The zero-order valence-electron chi connectivity index (χ0n) is 14.9. The Morgan fingerprint density at radius 2 is 1.93 bits per heavy atom. The number of carbonyl (C=O) groups excluding carboxylic acids is 2. The summed E-state index contributed by atoms with van der Waals surface area (Å²) < 4.78 is 44.1. The molecule has 5 nitrogen and oxygen atoms in total. The zero-order valence-corrected chi connectivity index (χ0v) is 14.9. The number of alkyl halides is 3. The summed E-state index contributed by atoms with van der Waals surface area (Å²) in [6, 6.07) is 11.4. The van der Waals surface area contributed by atoms with E-state index < -0.39 is 23.8 Å². The standard InChI is InChI=1S/C20H17F3N2O3/c1-24-19(27)17-12-25(15-7-2-3-8-16(15)28-17)18(26)10-9-13-5-4-6-14(11-13)20(21,22)23/h2-11,17H,12H2,1H3,(H,24,27)/b10-9+/t17-/m0/s1. The van der Waals surface area contributed by atoms with Crippen LogP contribution in [0.5, 0.6) is 5.75 Å². The van der Waals surface area contributed by atoms with E-state index in [0.717, 1.165) is 12.1 Å². The van der Waals surface area contributed by atoms with Gasteiger partial charge in [0.1, 0.15) is 5.75 Å². The summed E-state index contributed by atoms with van der Waals surface area (Å²) in [6.07, 6.45) is -2.85. The fourth-order valence-corrected chi connectivity index (χ4v) is 2.82. The lowest BCUT2D eigenvalue weighted by atomic mass is 10.1. The van der Waals surface area contributed by atoms with Crippen LogP contribution in [0.2, 0.25) is 0 Å². The monoisotopic (exact) mass is 390 g/mol. The van der Waals surface area contributed by atoms with E-state index in [2.05, 4.69) is 5.32 Å². The van der Waals surface area contributed by atoms with Gasteiger partial charge in [0.25, 0.3) is 11.8 Å². The van der Waals surface area contributed by atoms with Crippen LogP contribution >= 0.6 is 0 Å². The van der Waals surface area contributed by atoms with Crippen molar-refractivity contribution in [3.05, 3.63) is 65.7 Å². The third-order valence-corrected chi connectivity index (χ3v) is 4.21. The van der Waals surface area contributed by atoms with Gasteiger partial charge < -0.3 is 15.0 Å². The molecule has 28 heavy (non-hydrogen) atoms. The van der Waals surface area contributed by atoms with E-state index >= 15 is 0 Å². The van der Waals surface area contributed by atoms with Gasteiger partial charge in [-0.25, -0.2) is 0 Å². The molecule has 1 aliphatic heterocycles. The van der Waals surface area contributed by atoms with Crippen LogP contribution in [-0.2, 0) is 15.8 Å². The maximum absolute atomic E-state index is 12.8. The summed E-state index contributed by atoms with van der Waals surface area (Å²) in [5.74, 6) is -0.473. The lowest BCUT2D eigenvalue weighted by Crippen LogP contribution is -2.49. The number of amides is 2. The second kappa shape index (κ2) is 7.75. The Kier molecular flexibility index (Phi) is 5.39. The number of nitrogens with one attached hydrogen (secondary N) is 1. The van der Waals surface area contributed by atoms with E-state index in [1.54, 1.807) is 24.3 Å². The van der Waals surface area contributed by atoms with Crippen molar-refractivity contribution in [2.75, 3.05) is 18.5 Å². The molecule has 0 aromatic heterocycles. The second-order valence-electron chi connectivity index (χ2n) is 6.09. The number of para-hydroxylation sites is 2. The van der Waals surface area contributed by atoms with Crippen molar-refractivity contribution in [3.63, 3.8) is 0 Å². The number of carbonyl (C=O) groups is 2. The number of hydrogen-bond acceptors (Lipinski definition) is 3. The molecule has 1 heterocycles. The van der Waals surface area contributed by atoms with Gasteiger partial charge in [0.2, 0.25) is 0 Å². The minimum Gasteiger partial charge on any atom is -0.477 e. The van der Waals surface area contributed by atoms with E-state index in [4.69, 9.17) is 4.74 Å². The summed E-state index contributed by atoms with van der Waals surface area (Å²) in [4.78, 5) is 26.0. The molecule has 0 aliphatic carbocycles. The topological polar surface area (TPSA) is 58.6 Å². The van der Waals surface area contributed by atoms with Gasteiger partial charge in [0, 0.05) is 13.1 Å². The number of ether oxygens (including phenoxy) is 1. The molecule has 0 saturated carbocycles. The van der Waals surface area contributed by atoms with Gasteiger partial charge in [-0.2, -0.15) is 13.2 Å². The van der Waals surface area contributed by atoms with Crippen LogP contribution in [0.25, 0.3) is 6.08 Å². The first-order chi connectivity index (χ1) is 13.3. The number of hydrogen-bond donors (Lipinski definition) is 1. The van der Waals surface area contributed by atoms with Crippen LogP contribution in [0, 0.1) is 0 Å². The first-order valence-corrected chi connectivity index (χ1v) is 8.43. The van der Waals surface area contributed by atoms with E-state index in [9.17, 15) is 22.8 Å². The van der Waals surface area contributed by atoms with Crippen LogP contribution in [-0.4, -0.2) is 31.5 Å². The summed E-state index contributed by atoms with van der Waals surface area (Å²) in [6.45, 7) is -0.0115. The molecular weight excluding hydrogens is 373 g/mol. The van der Waals surface area contributed by atoms with Crippen molar-refractivity contribution in [1.82, 2.24) is 5.32 Å². The summed E-state index contributed by atoms with van der Waals surface area (Å²) in [7, 11) is 1.46. The molecule has 0 saturated heterocycles. The normalized spacial score (nSPS) is 16.4. The fourth-order valence-electron chi connectivity index (χ4n) is 2.82. The Labute approximate surface area is 159 Å². The number of rotatable bonds is 3. The van der Waals surface area contributed by atoms with Crippen molar-refractivity contribution >= 4 is 23.6 Å². The fraction of sp³-hybridized carbons (Fsp3) is 0.200. The number of anilines is 1. The van der Waals surface area contributed by atoms with Gasteiger partial charge in [0.05, 0.1) is 17.8 Å². The molecule has 3 rings (SSSR count). The van der Waals surface area contributed by atoms with Gasteiger partial charge in [-0.1, -0.05) is 24.3 Å². The maximum atomic E-state index is 12.8. The number of likely N-dealkylation sites (N-methyl/N-ethyl adjacent to an activating group) is 1. The summed E-state index contributed by atoms with van der Waals surface area (Å²) in [5, 5.41) is 2.48. The van der Waals surface area contributed by atoms with Crippen molar-refractivity contribution in [2.45, 2.75) is 12.3 Å². The average molecular weight is 390 g/mol. The van der Waals surface area contributed by atoms with Crippen LogP contribution in [0.4, 0.5) is 18.9 Å². The highest BCUT2D eigenvalue weighted by Gasteiger charge is 2.33. The van der Waals surface area contributed by atoms with Crippen molar-refractivity contribution in [2.24, 2.45) is 0 Å². The predicted molar refractivity (Wildman–Crippen MR) is 97.8 cm³/mol. The third kappa shape index (κ3) is 4.16. The van der Waals surface area contributed by atoms with Crippen LogP contribution in [0.1, 0.15) is 11.1 Å². The molecule has 0 radical (unpaired) electrons. The zero-order chi connectivity index (χ0) is 20.3. The number of halogens is 3. The van der Waals surface area contributed by atoms with Gasteiger partial charge in [-0.15, -0.1) is 0 Å². The molecular formula is C20H17F3N2O3. The lowest BCUT2D eigenvalue weighted by molar-refractivity contribution is -0.137. The molecule has 2 aromatic rings. The molecule has 1 aliphatic rings. The summed E-state index contributed by atoms with van der Waals surface area (Å²) >= 11 is 0. The Hall–Kier alpha value is -3.29. The highest BCUT2D eigenvalue weighted by Crippen LogP contribution is 2.33. The molecule has 146 valence electrons. The summed E-state index contributed by atoms with van der Waals surface area (Å²) in [5.41, 5.74) is -0.0626. The smallest absolute Gasteiger partial charge is 0.416 e. The quantitative estimate of drug-likeness (QED) is 0.819. The van der Waals surface area contributed by atoms with Gasteiger partial charge >= 0.3 is 6.18 Å². The van der Waals surface area contributed by atoms with Crippen molar-refractivity contribution in [3.8, 4) is 5.75 Å². The predicted octanol–water partition coefficient (Wildman–Crippen LogP) is 3.26. The van der Waals surface area contributed by atoms with Crippen molar-refractivity contribution < 1.29 is 27.5 Å². The van der Waals surface area contributed by atoms with Gasteiger partial charge in [-0.3, -0.25) is 9.59 Å². The van der Waals surface area contributed by atoms with Gasteiger partial charge in [-0.05, 0) is 35.9 Å². The largest absolute Gasteiger partial charge is 0.477 e. The average Bonchev–Trinajstić information content (AvgIpc) is 2.70. The Balaban J connectivity index is 1.85. The van der Waals surface area contributed by atoms with Crippen molar-refractivity contribution in [1.29, 1.82) is 0 Å². The Bertz CT molecular complexity index is 925. The van der Waals surface area contributed by atoms with E-state index in [1.807, 2.05) is 0 Å². The second-order valence-corrected chi connectivity index (χ2v) is 6.09. The number of benzene rings is 2. The first kappa shape index (κ1) is 19.5. The van der Waals surface area contributed by atoms with Crippen LogP contribution in [0.3, 0.4) is 0 Å². The van der Waals surface area contributed by atoms with E-state index in [-0.39, 0.29) is 18.0 Å². The van der Waals surface area contributed by atoms with Crippen LogP contribution in [0.15, 0.2) is 54.6 Å². The Morgan fingerprint density at radius 1 is 1.18 bits per heavy atom.